The van der Waals surface area contributed by atoms with Crippen molar-refractivity contribution in [2.45, 2.75) is 45.2 Å². The van der Waals surface area contributed by atoms with E-state index in [4.69, 9.17) is 0 Å². The number of benzene rings is 1. The fourth-order valence-corrected chi connectivity index (χ4v) is 3.07. The Balaban J connectivity index is 1.98. The normalized spacial score (nSPS) is 23.6. The maximum atomic E-state index is 9.21. The highest BCUT2D eigenvalue weighted by atomic mass is 16.4. The van der Waals surface area contributed by atoms with E-state index in [0.29, 0.717) is 11.5 Å². The first-order valence-corrected chi connectivity index (χ1v) is 7.21. The third kappa shape index (κ3) is 4.06. The summed E-state index contributed by atoms with van der Waals surface area (Å²) in [5.74, 6) is 0.826. The van der Waals surface area contributed by atoms with Gasteiger partial charge in [-0.05, 0) is 36.8 Å². The van der Waals surface area contributed by atoms with Crippen molar-refractivity contribution in [1.29, 1.82) is 0 Å². The van der Waals surface area contributed by atoms with E-state index in [-0.39, 0.29) is 0 Å². The first-order valence-electron chi connectivity index (χ1n) is 7.21. The summed E-state index contributed by atoms with van der Waals surface area (Å²) in [7, 11) is 0.796. The van der Waals surface area contributed by atoms with Gasteiger partial charge in [-0.25, -0.2) is 0 Å². The van der Waals surface area contributed by atoms with Crippen LogP contribution in [0, 0.1) is 5.92 Å². The molecule has 1 aliphatic carbocycles. The highest BCUT2D eigenvalue weighted by Crippen LogP contribution is 2.27. The molecule has 0 spiro atoms. The van der Waals surface area contributed by atoms with Gasteiger partial charge in [0.1, 0.15) is 0 Å². The van der Waals surface area contributed by atoms with Crippen molar-refractivity contribution < 1.29 is 10.0 Å². The number of hydrogen-bond donors (Lipinski definition) is 2. The Morgan fingerprint density at radius 3 is 2.79 bits per heavy atom. The molecule has 0 amide bonds. The predicted molar refractivity (Wildman–Crippen MR) is 79.2 cm³/mol. The minimum Gasteiger partial charge on any atom is -0.423 e. The van der Waals surface area contributed by atoms with Gasteiger partial charge in [-0.15, -0.1) is 0 Å². The smallest absolute Gasteiger partial charge is 0.423 e. The lowest BCUT2D eigenvalue weighted by Gasteiger charge is -2.34. The summed E-state index contributed by atoms with van der Waals surface area (Å²) < 4.78 is 0. The Bertz CT molecular complexity index is 411. The lowest BCUT2D eigenvalue weighted by Crippen LogP contribution is -2.35. The van der Waals surface area contributed by atoms with Gasteiger partial charge >= 0.3 is 7.12 Å². The fraction of sp³-hybridized carbons (Fsp3) is 0.600. The molecule has 19 heavy (non-hydrogen) atoms. The van der Waals surface area contributed by atoms with E-state index in [1.165, 1.54) is 25.7 Å². The second kappa shape index (κ2) is 6.55. The zero-order valence-corrected chi connectivity index (χ0v) is 11.9. The SMILES string of the molecule is CC1CCCC(N(C)Cc2cccc(B(O)O)c2)C1. The molecular weight excluding hydrogens is 237 g/mol. The van der Waals surface area contributed by atoms with E-state index < -0.39 is 7.12 Å². The molecule has 2 N–H and O–H groups in total. The minimum atomic E-state index is -1.38. The molecule has 1 saturated carbocycles. The Morgan fingerprint density at radius 2 is 2.11 bits per heavy atom. The second-order valence-corrected chi connectivity index (χ2v) is 5.96. The molecule has 1 fully saturated rings. The van der Waals surface area contributed by atoms with Crippen LogP contribution in [0.5, 0.6) is 0 Å². The van der Waals surface area contributed by atoms with E-state index >= 15 is 0 Å². The van der Waals surface area contributed by atoms with Crippen LogP contribution in [-0.4, -0.2) is 35.2 Å². The molecule has 1 aliphatic rings. The molecule has 4 heteroatoms. The van der Waals surface area contributed by atoms with Crippen molar-refractivity contribution in [2.24, 2.45) is 5.92 Å². The quantitative estimate of drug-likeness (QED) is 0.805. The molecule has 104 valence electrons. The molecule has 0 radical (unpaired) electrons. The van der Waals surface area contributed by atoms with Crippen molar-refractivity contribution in [2.75, 3.05) is 7.05 Å². The number of nitrogens with zero attached hydrogens (tertiary/aromatic N) is 1. The van der Waals surface area contributed by atoms with Crippen LogP contribution in [0.15, 0.2) is 24.3 Å². The Hall–Kier alpha value is -0.835. The zero-order valence-electron chi connectivity index (χ0n) is 11.9. The molecule has 0 bridgehead atoms. The predicted octanol–water partition coefficient (Wildman–Crippen LogP) is 1.38. The summed E-state index contributed by atoms with van der Waals surface area (Å²) in [6, 6.07) is 8.23. The summed E-state index contributed by atoms with van der Waals surface area (Å²) in [4.78, 5) is 2.40. The topological polar surface area (TPSA) is 43.7 Å². The molecule has 2 unspecified atom stereocenters. The molecule has 2 atom stereocenters. The maximum Gasteiger partial charge on any atom is 0.488 e. The second-order valence-electron chi connectivity index (χ2n) is 5.96. The van der Waals surface area contributed by atoms with E-state index in [1.54, 1.807) is 6.07 Å². The van der Waals surface area contributed by atoms with Crippen LogP contribution in [0.3, 0.4) is 0 Å². The van der Waals surface area contributed by atoms with Crippen LogP contribution in [0.25, 0.3) is 0 Å². The molecule has 0 aliphatic heterocycles. The summed E-state index contributed by atoms with van der Waals surface area (Å²) in [6.07, 6.45) is 5.24. The molecule has 0 aromatic heterocycles. The van der Waals surface area contributed by atoms with E-state index in [9.17, 15) is 10.0 Å². The van der Waals surface area contributed by atoms with Gasteiger partial charge in [-0.2, -0.15) is 0 Å². The molecule has 2 rings (SSSR count). The average molecular weight is 261 g/mol. The highest BCUT2D eigenvalue weighted by Gasteiger charge is 2.22. The fourth-order valence-electron chi connectivity index (χ4n) is 3.07. The largest absolute Gasteiger partial charge is 0.488 e. The third-order valence-electron chi connectivity index (χ3n) is 4.21. The Labute approximate surface area is 116 Å². The van der Waals surface area contributed by atoms with Gasteiger partial charge in [0.25, 0.3) is 0 Å². The average Bonchev–Trinajstić information content (AvgIpc) is 2.39. The third-order valence-corrected chi connectivity index (χ3v) is 4.21. The summed E-state index contributed by atoms with van der Waals surface area (Å²) in [6.45, 7) is 3.21. The van der Waals surface area contributed by atoms with Crippen molar-refractivity contribution in [3.8, 4) is 0 Å². The van der Waals surface area contributed by atoms with Gasteiger partial charge in [0.05, 0.1) is 0 Å². The molecule has 0 heterocycles. The number of rotatable bonds is 4. The summed E-state index contributed by atoms with van der Waals surface area (Å²) >= 11 is 0. The lowest BCUT2D eigenvalue weighted by atomic mass is 9.79. The van der Waals surface area contributed by atoms with Crippen molar-refractivity contribution in [1.82, 2.24) is 4.90 Å². The molecule has 3 nitrogen and oxygen atoms in total. The number of hydrogen-bond acceptors (Lipinski definition) is 3. The summed E-state index contributed by atoms with van der Waals surface area (Å²) in [5, 5.41) is 18.4. The van der Waals surface area contributed by atoms with Gasteiger partial charge in [-0.1, -0.05) is 44.0 Å². The van der Waals surface area contributed by atoms with Crippen LogP contribution in [-0.2, 0) is 6.54 Å². The van der Waals surface area contributed by atoms with Crippen molar-refractivity contribution in [3.05, 3.63) is 29.8 Å². The monoisotopic (exact) mass is 261 g/mol. The maximum absolute atomic E-state index is 9.21. The zero-order chi connectivity index (χ0) is 13.8. The lowest BCUT2D eigenvalue weighted by molar-refractivity contribution is 0.158. The first kappa shape index (κ1) is 14.6. The van der Waals surface area contributed by atoms with Gasteiger partial charge in [0, 0.05) is 12.6 Å². The molecule has 1 aromatic carbocycles. The summed E-state index contributed by atoms with van der Waals surface area (Å²) in [5.41, 5.74) is 1.72. The van der Waals surface area contributed by atoms with Crippen LogP contribution in [0.1, 0.15) is 38.2 Å². The standard InChI is InChI=1S/C15H24BNO2/c1-12-5-3-8-15(9-12)17(2)11-13-6-4-7-14(10-13)16(18)19/h4,6-7,10,12,15,18-19H,3,5,8-9,11H2,1-2H3. The van der Waals surface area contributed by atoms with Crippen molar-refractivity contribution in [3.63, 3.8) is 0 Å². The Morgan fingerprint density at radius 1 is 1.32 bits per heavy atom. The van der Waals surface area contributed by atoms with Gasteiger partial charge in [-0.3, -0.25) is 4.90 Å². The van der Waals surface area contributed by atoms with Crippen LogP contribution < -0.4 is 5.46 Å². The van der Waals surface area contributed by atoms with Crippen LogP contribution in [0.2, 0.25) is 0 Å². The first-order chi connectivity index (χ1) is 9.06. The van der Waals surface area contributed by atoms with E-state index in [2.05, 4.69) is 24.9 Å². The van der Waals surface area contributed by atoms with Gasteiger partial charge in [0.15, 0.2) is 0 Å². The van der Waals surface area contributed by atoms with Crippen molar-refractivity contribution >= 4 is 12.6 Å². The molecule has 0 saturated heterocycles. The Kier molecular flexibility index (Phi) is 5.02. The van der Waals surface area contributed by atoms with Crippen LogP contribution >= 0.6 is 0 Å². The van der Waals surface area contributed by atoms with E-state index in [0.717, 1.165) is 18.0 Å². The van der Waals surface area contributed by atoms with E-state index in [1.807, 2.05) is 12.1 Å². The highest BCUT2D eigenvalue weighted by molar-refractivity contribution is 6.58. The molecule has 1 aromatic rings. The minimum absolute atomic E-state index is 0.572. The molecular formula is C15H24BNO2. The van der Waals surface area contributed by atoms with Crippen LogP contribution in [0.4, 0.5) is 0 Å². The van der Waals surface area contributed by atoms with Gasteiger partial charge < -0.3 is 10.0 Å². The van der Waals surface area contributed by atoms with Gasteiger partial charge in [0.2, 0.25) is 0 Å².